The molecule has 142 valence electrons. The fourth-order valence-electron chi connectivity index (χ4n) is 2.96. The lowest BCUT2D eigenvalue weighted by atomic mass is 10.00. The second-order valence-corrected chi connectivity index (χ2v) is 6.83. The molecular formula is C22H26N2O3. The van der Waals surface area contributed by atoms with Crippen molar-refractivity contribution in [2.45, 2.75) is 32.8 Å². The first-order valence-corrected chi connectivity index (χ1v) is 9.26. The van der Waals surface area contributed by atoms with Gasteiger partial charge in [0.15, 0.2) is 0 Å². The van der Waals surface area contributed by atoms with E-state index < -0.39 is 0 Å². The van der Waals surface area contributed by atoms with Crippen molar-refractivity contribution in [1.82, 2.24) is 10.2 Å². The molecule has 0 aliphatic rings. The molecule has 0 saturated carbocycles. The van der Waals surface area contributed by atoms with Crippen LogP contribution in [0, 0.1) is 0 Å². The number of ether oxygens (including phenoxy) is 2. The van der Waals surface area contributed by atoms with Crippen molar-refractivity contribution >= 4 is 0 Å². The highest BCUT2D eigenvalue weighted by Crippen LogP contribution is 2.19. The minimum atomic E-state index is -0.0467. The zero-order valence-corrected chi connectivity index (χ0v) is 15.8. The zero-order chi connectivity index (χ0) is 19.1. The molecule has 0 aliphatic carbocycles. The van der Waals surface area contributed by atoms with Gasteiger partial charge in [0.05, 0.1) is 13.2 Å². The highest BCUT2D eigenvalue weighted by atomic mass is 16.5. The van der Waals surface area contributed by atoms with Gasteiger partial charge in [-0.05, 0) is 29.2 Å². The van der Waals surface area contributed by atoms with Gasteiger partial charge in [0.2, 0.25) is 0 Å². The van der Waals surface area contributed by atoms with E-state index in [9.17, 15) is 4.79 Å². The molecule has 3 aromatic rings. The monoisotopic (exact) mass is 366 g/mol. The number of aromatic nitrogens is 2. The highest BCUT2D eigenvalue weighted by Gasteiger charge is 2.13. The molecule has 0 saturated heterocycles. The van der Waals surface area contributed by atoms with Crippen LogP contribution in [0.3, 0.4) is 0 Å². The Kier molecular flexibility index (Phi) is 6.49. The third kappa shape index (κ3) is 5.34. The first-order valence-electron chi connectivity index (χ1n) is 9.26. The zero-order valence-electron chi connectivity index (χ0n) is 15.8. The van der Waals surface area contributed by atoms with Crippen molar-refractivity contribution in [3.63, 3.8) is 0 Å². The molecule has 0 fully saturated rings. The van der Waals surface area contributed by atoms with E-state index >= 15 is 0 Å². The number of hydrogen-bond donors (Lipinski definition) is 2. The molecule has 0 amide bonds. The van der Waals surface area contributed by atoms with Crippen LogP contribution in [0.15, 0.2) is 59.4 Å². The molecule has 5 nitrogen and oxygen atoms in total. The standard InChI is InChI=1S/C22H26N2O3/c1-16(2)21-20(22(25)24-23-21)14-17-8-10-19(11-9-17)27-13-12-26-15-18-6-4-3-5-7-18/h3-11,16H,12-15H2,1-2H3,(H2,23,24,25). The molecule has 1 heterocycles. The van der Waals surface area contributed by atoms with Gasteiger partial charge in [-0.3, -0.25) is 9.89 Å². The van der Waals surface area contributed by atoms with Crippen molar-refractivity contribution in [3.8, 4) is 5.75 Å². The van der Waals surface area contributed by atoms with Gasteiger partial charge < -0.3 is 14.6 Å². The molecule has 2 N–H and O–H groups in total. The summed E-state index contributed by atoms with van der Waals surface area (Å²) in [7, 11) is 0. The number of hydrogen-bond acceptors (Lipinski definition) is 3. The molecule has 27 heavy (non-hydrogen) atoms. The predicted molar refractivity (Wildman–Crippen MR) is 106 cm³/mol. The summed E-state index contributed by atoms with van der Waals surface area (Å²) >= 11 is 0. The van der Waals surface area contributed by atoms with Crippen LogP contribution in [0.4, 0.5) is 0 Å². The Balaban J connectivity index is 1.46. The van der Waals surface area contributed by atoms with Gasteiger partial charge in [-0.1, -0.05) is 56.3 Å². The van der Waals surface area contributed by atoms with Crippen molar-refractivity contribution in [2.75, 3.05) is 13.2 Å². The summed E-state index contributed by atoms with van der Waals surface area (Å²) in [5.41, 5.74) is 3.95. The fourth-order valence-corrected chi connectivity index (χ4v) is 2.96. The number of benzene rings is 2. The molecule has 2 aromatic carbocycles. The van der Waals surface area contributed by atoms with Crippen LogP contribution < -0.4 is 10.3 Å². The summed E-state index contributed by atoms with van der Waals surface area (Å²) in [6.07, 6.45) is 0.604. The van der Waals surface area contributed by atoms with Gasteiger partial charge >= 0.3 is 0 Å². The molecule has 3 rings (SSSR count). The van der Waals surface area contributed by atoms with Crippen LogP contribution in [0.2, 0.25) is 0 Å². The maximum atomic E-state index is 12.0. The highest BCUT2D eigenvalue weighted by molar-refractivity contribution is 5.32. The lowest BCUT2D eigenvalue weighted by Gasteiger charge is -2.09. The SMILES string of the molecule is CC(C)c1[nH][nH]c(=O)c1Cc1ccc(OCCOCc2ccccc2)cc1. The van der Waals surface area contributed by atoms with Crippen molar-refractivity contribution in [1.29, 1.82) is 0 Å². The minimum Gasteiger partial charge on any atom is -0.491 e. The Morgan fingerprint density at radius 2 is 1.63 bits per heavy atom. The van der Waals surface area contributed by atoms with Gasteiger partial charge in [-0.2, -0.15) is 0 Å². The van der Waals surface area contributed by atoms with Gasteiger partial charge in [0, 0.05) is 17.7 Å². The lowest BCUT2D eigenvalue weighted by molar-refractivity contribution is 0.0889. The van der Waals surface area contributed by atoms with E-state index in [4.69, 9.17) is 9.47 Å². The van der Waals surface area contributed by atoms with Crippen LogP contribution in [0.25, 0.3) is 0 Å². The van der Waals surface area contributed by atoms with E-state index in [0.717, 1.165) is 28.1 Å². The largest absolute Gasteiger partial charge is 0.491 e. The van der Waals surface area contributed by atoms with Crippen LogP contribution in [0.5, 0.6) is 5.75 Å². The van der Waals surface area contributed by atoms with Gasteiger partial charge in [0.25, 0.3) is 5.56 Å². The Morgan fingerprint density at radius 3 is 2.33 bits per heavy atom. The number of aromatic amines is 2. The van der Waals surface area contributed by atoms with E-state index in [1.807, 2.05) is 54.6 Å². The number of rotatable bonds is 9. The topological polar surface area (TPSA) is 67.1 Å². The summed E-state index contributed by atoms with van der Waals surface area (Å²) in [6.45, 7) is 5.76. The van der Waals surface area contributed by atoms with Crippen LogP contribution in [-0.2, 0) is 17.8 Å². The second kappa shape index (κ2) is 9.24. The Bertz CT molecular complexity index is 880. The normalized spacial score (nSPS) is 11.1. The van der Waals surface area contributed by atoms with Gasteiger partial charge in [-0.15, -0.1) is 0 Å². The maximum absolute atomic E-state index is 12.0. The molecule has 5 heteroatoms. The van der Waals surface area contributed by atoms with E-state index in [-0.39, 0.29) is 11.5 Å². The van der Waals surface area contributed by atoms with Crippen molar-refractivity contribution in [3.05, 3.63) is 87.3 Å². The molecule has 1 aromatic heterocycles. The van der Waals surface area contributed by atoms with E-state index in [1.165, 1.54) is 0 Å². The Morgan fingerprint density at radius 1 is 0.889 bits per heavy atom. The maximum Gasteiger partial charge on any atom is 0.267 e. The van der Waals surface area contributed by atoms with Crippen molar-refractivity contribution < 1.29 is 9.47 Å². The average Bonchev–Trinajstić information content (AvgIpc) is 3.04. The van der Waals surface area contributed by atoms with E-state index in [2.05, 4.69) is 24.0 Å². The number of H-pyrrole nitrogens is 2. The van der Waals surface area contributed by atoms with E-state index in [0.29, 0.717) is 26.2 Å². The summed E-state index contributed by atoms with van der Waals surface area (Å²) in [5.74, 6) is 1.08. The van der Waals surface area contributed by atoms with Gasteiger partial charge in [0.1, 0.15) is 12.4 Å². The van der Waals surface area contributed by atoms with E-state index in [1.54, 1.807) is 0 Å². The molecule has 0 bridgehead atoms. The smallest absolute Gasteiger partial charge is 0.267 e. The molecule has 0 spiro atoms. The Labute approximate surface area is 159 Å². The predicted octanol–water partition coefficient (Wildman–Crippen LogP) is 4.01. The average molecular weight is 366 g/mol. The molecule has 0 unspecified atom stereocenters. The first-order chi connectivity index (χ1) is 13.1. The first kappa shape index (κ1) is 19.0. The summed E-state index contributed by atoms with van der Waals surface area (Å²) in [4.78, 5) is 12.0. The quantitative estimate of drug-likeness (QED) is 0.562. The lowest BCUT2D eigenvalue weighted by Crippen LogP contribution is -2.08. The third-order valence-corrected chi connectivity index (χ3v) is 4.40. The van der Waals surface area contributed by atoms with Crippen LogP contribution in [0.1, 0.15) is 42.1 Å². The van der Waals surface area contributed by atoms with Gasteiger partial charge in [-0.25, -0.2) is 0 Å². The minimum absolute atomic E-state index is 0.0467. The molecule has 0 radical (unpaired) electrons. The van der Waals surface area contributed by atoms with Crippen molar-refractivity contribution in [2.24, 2.45) is 0 Å². The summed E-state index contributed by atoms with van der Waals surface area (Å²) in [5, 5.41) is 5.66. The number of nitrogens with one attached hydrogen (secondary N) is 2. The fraction of sp³-hybridized carbons (Fsp3) is 0.318. The molecule has 0 aliphatic heterocycles. The summed E-state index contributed by atoms with van der Waals surface area (Å²) in [6, 6.07) is 17.9. The second-order valence-electron chi connectivity index (χ2n) is 6.83. The molecule has 0 atom stereocenters. The Hall–Kier alpha value is -2.79. The molecular weight excluding hydrogens is 340 g/mol. The van der Waals surface area contributed by atoms with Crippen LogP contribution in [-0.4, -0.2) is 23.4 Å². The summed E-state index contributed by atoms with van der Waals surface area (Å²) < 4.78 is 11.3. The van der Waals surface area contributed by atoms with Crippen LogP contribution >= 0.6 is 0 Å². The third-order valence-electron chi connectivity index (χ3n) is 4.40.